The molecule has 0 bridgehead atoms. The zero-order valence-corrected chi connectivity index (χ0v) is 18.4. The Bertz CT molecular complexity index is 801. The molecule has 0 unspecified atom stereocenters. The van der Waals surface area contributed by atoms with Crippen molar-refractivity contribution in [2.75, 3.05) is 20.2 Å². The van der Waals surface area contributed by atoms with Crippen LogP contribution in [0.2, 0.25) is 0 Å². The van der Waals surface area contributed by atoms with Gasteiger partial charge in [-0.2, -0.15) is 0 Å². The first-order valence-corrected chi connectivity index (χ1v) is 10.1. The largest absolute Gasteiger partial charge is 0.484 e. The molecule has 0 aliphatic rings. The molecule has 0 radical (unpaired) electrons. The summed E-state index contributed by atoms with van der Waals surface area (Å²) in [5.74, 6) is 0.226. The fourth-order valence-electron chi connectivity index (χ4n) is 3.00. The van der Waals surface area contributed by atoms with Crippen LogP contribution in [-0.4, -0.2) is 43.0 Å². The van der Waals surface area contributed by atoms with Gasteiger partial charge in [0.2, 0.25) is 5.91 Å². The van der Waals surface area contributed by atoms with Crippen molar-refractivity contribution >= 4 is 27.7 Å². The fraction of sp³-hybridized carbons (Fsp3) is 0.364. The lowest BCUT2D eigenvalue weighted by Gasteiger charge is -2.28. The molecule has 28 heavy (non-hydrogen) atoms. The van der Waals surface area contributed by atoms with Crippen LogP contribution in [0.5, 0.6) is 5.75 Å². The molecule has 0 saturated heterocycles. The summed E-state index contributed by atoms with van der Waals surface area (Å²) >= 11 is 3.53. The number of halogens is 1. The lowest BCUT2D eigenvalue weighted by Crippen LogP contribution is -2.49. The molecule has 150 valence electrons. The van der Waals surface area contributed by atoms with E-state index in [4.69, 9.17) is 4.74 Å². The number of rotatable bonds is 8. The topological polar surface area (TPSA) is 58.6 Å². The predicted molar refractivity (Wildman–Crippen MR) is 114 cm³/mol. The van der Waals surface area contributed by atoms with Gasteiger partial charge < -0.3 is 15.0 Å². The minimum atomic E-state index is -0.571. The fourth-order valence-corrected chi connectivity index (χ4v) is 3.23. The van der Waals surface area contributed by atoms with Crippen LogP contribution in [0.4, 0.5) is 0 Å². The van der Waals surface area contributed by atoms with Gasteiger partial charge in [-0.25, -0.2) is 0 Å². The van der Waals surface area contributed by atoms with Crippen LogP contribution in [0.25, 0.3) is 0 Å². The van der Waals surface area contributed by atoms with E-state index in [0.717, 1.165) is 21.2 Å². The summed E-state index contributed by atoms with van der Waals surface area (Å²) in [4.78, 5) is 26.5. The average Bonchev–Trinajstić information content (AvgIpc) is 2.70. The van der Waals surface area contributed by atoms with Crippen molar-refractivity contribution in [3.63, 3.8) is 0 Å². The predicted octanol–water partition coefficient (Wildman–Crippen LogP) is 3.65. The lowest BCUT2D eigenvalue weighted by atomic mass is 10.1. The number of hydrogen-bond donors (Lipinski definition) is 1. The third kappa shape index (κ3) is 5.83. The molecule has 0 aromatic heterocycles. The van der Waals surface area contributed by atoms with Crippen LogP contribution in [0, 0.1) is 13.8 Å². The van der Waals surface area contributed by atoms with Crippen LogP contribution in [0.15, 0.2) is 46.9 Å². The molecule has 2 amide bonds. The number of aryl methyl sites for hydroxylation is 2. The Kier molecular flexibility index (Phi) is 8.05. The normalized spacial score (nSPS) is 11.6. The van der Waals surface area contributed by atoms with E-state index in [1.165, 1.54) is 0 Å². The van der Waals surface area contributed by atoms with E-state index in [0.29, 0.717) is 18.7 Å². The first-order valence-electron chi connectivity index (χ1n) is 9.28. The zero-order valence-electron chi connectivity index (χ0n) is 16.8. The summed E-state index contributed by atoms with van der Waals surface area (Å²) in [5, 5.41) is 2.61. The first kappa shape index (κ1) is 22.0. The van der Waals surface area contributed by atoms with Crippen molar-refractivity contribution < 1.29 is 14.3 Å². The van der Waals surface area contributed by atoms with Crippen molar-refractivity contribution in [2.24, 2.45) is 0 Å². The molecule has 2 rings (SSSR count). The van der Waals surface area contributed by atoms with Gasteiger partial charge in [-0.3, -0.25) is 9.59 Å². The van der Waals surface area contributed by atoms with Crippen LogP contribution in [0.3, 0.4) is 0 Å². The van der Waals surface area contributed by atoms with E-state index in [2.05, 4.69) is 21.2 Å². The van der Waals surface area contributed by atoms with Crippen molar-refractivity contribution in [1.29, 1.82) is 0 Å². The first-order chi connectivity index (χ1) is 13.3. The molecule has 0 aliphatic carbocycles. The van der Waals surface area contributed by atoms with Crippen molar-refractivity contribution in [1.82, 2.24) is 10.2 Å². The molecule has 0 saturated carbocycles. The molecule has 1 atom stereocenters. The minimum absolute atomic E-state index is 0.114. The van der Waals surface area contributed by atoms with Crippen LogP contribution < -0.4 is 10.1 Å². The van der Waals surface area contributed by atoms with E-state index in [-0.39, 0.29) is 18.4 Å². The number of nitrogens with zero attached hydrogens (tertiary/aromatic N) is 1. The van der Waals surface area contributed by atoms with Gasteiger partial charge in [0.1, 0.15) is 11.8 Å². The SMILES string of the molecule is CNC(=O)[C@@H](C)N(CCc1ccccc1)C(=O)COc1cc(C)c(Br)c(C)c1. The smallest absolute Gasteiger partial charge is 0.261 e. The highest BCUT2D eigenvalue weighted by Crippen LogP contribution is 2.26. The third-order valence-corrected chi connectivity index (χ3v) is 5.92. The molecular weight excluding hydrogens is 420 g/mol. The standard InChI is InChI=1S/C22H27BrN2O3/c1-15-12-19(13-16(2)21(15)23)28-14-20(26)25(17(3)22(27)24-4)11-10-18-8-6-5-7-9-18/h5-9,12-13,17H,10-11,14H2,1-4H3,(H,24,27)/t17-/m1/s1. The van der Waals surface area contributed by atoms with Gasteiger partial charge in [0.05, 0.1) is 0 Å². The zero-order chi connectivity index (χ0) is 20.7. The second kappa shape index (κ2) is 10.3. The van der Waals surface area contributed by atoms with Crippen molar-refractivity contribution in [3.8, 4) is 5.75 Å². The Balaban J connectivity index is 2.08. The number of likely N-dealkylation sites (N-methyl/N-ethyl adjacent to an activating group) is 1. The Morgan fingerprint density at radius 2 is 1.75 bits per heavy atom. The van der Waals surface area contributed by atoms with Crippen molar-refractivity contribution in [2.45, 2.75) is 33.2 Å². The molecule has 2 aromatic rings. The van der Waals surface area contributed by atoms with Gasteiger partial charge in [0.15, 0.2) is 6.61 Å². The number of carbonyl (C=O) groups excluding carboxylic acids is 2. The number of amides is 2. The summed E-state index contributed by atoms with van der Waals surface area (Å²) in [6.07, 6.45) is 0.671. The Morgan fingerprint density at radius 1 is 1.14 bits per heavy atom. The monoisotopic (exact) mass is 446 g/mol. The maximum atomic E-state index is 12.8. The highest BCUT2D eigenvalue weighted by atomic mass is 79.9. The molecule has 1 N–H and O–H groups in total. The van der Waals surface area contributed by atoms with Crippen LogP contribution in [0.1, 0.15) is 23.6 Å². The number of carbonyl (C=O) groups is 2. The van der Waals surface area contributed by atoms with Crippen LogP contribution >= 0.6 is 15.9 Å². The number of benzene rings is 2. The maximum Gasteiger partial charge on any atom is 0.261 e. The maximum absolute atomic E-state index is 12.8. The highest BCUT2D eigenvalue weighted by Gasteiger charge is 2.25. The number of hydrogen-bond acceptors (Lipinski definition) is 3. The molecule has 0 fully saturated rings. The average molecular weight is 447 g/mol. The molecule has 5 nitrogen and oxygen atoms in total. The summed E-state index contributed by atoms with van der Waals surface area (Å²) in [6.45, 7) is 6.02. The van der Waals surface area contributed by atoms with Crippen LogP contribution in [-0.2, 0) is 16.0 Å². The third-order valence-electron chi connectivity index (χ3n) is 4.67. The van der Waals surface area contributed by atoms with E-state index >= 15 is 0 Å². The van der Waals surface area contributed by atoms with Gasteiger partial charge in [0, 0.05) is 18.1 Å². The Labute approximate surface area is 175 Å². The van der Waals surface area contributed by atoms with E-state index in [1.807, 2.05) is 56.3 Å². The summed E-state index contributed by atoms with van der Waals surface area (Å²) < 4.78 is 6.77. The summed E-state index contributed by atoms with van der Waals surface area (Å²) in [6, 6.07) is 13.1. The molecular formula is C22H27BrN2O3. The number of ether oxygens (including phenoxy) is 1. The second-order valence-corrected chi connectivity index (χ2v) is 7.57. The lowest BCUT2D eigenvalue weighted by molar-refractivity contribution is -0.141. The summed E-state index contributed by atoms with van der Waals surface area (Å²) in [7, 11) is 1.57. The molecule has 6 heteroatoms. The quantitative estimate of drug-likeness (QED) is 0.672. The van der Waals surface area contributed by atoms with Gasteiger partial charge >= 0.3 is 0 Å². The second-order valence-electron chi connectivity index (χ2n) is 6.77. The van der Waals surface area contributed by atoms with Crippen molar-refractivity contribution in [3.05, 3.63) is 63.6 Å². The minimum Gasteiger partial charge on any atom is -0.484 e. The Morgan fingerprint density at radius 3 is 2.32 bits per heavy atom. The molecule has 2 aromatic carbocycles. The molecule has 0 aliphatic heterocycles. The van der Waals surface area contributed by atoms with Gasteiger partial charge in [-0.15, -0.1) is 0 Å². The van der Waals surface area contributed by atoms with Gasteiger partial charge in [-0.1, -0.05) is 46.3 Å². The Hall–Kier alpha value is -2.34. The van der Waals surface area contributed by atoms with E-state index in [9.17, 15) is 9.59 Å². The molecule has 0 spiro atoms. The highest BCUT2D eigenvalue weighted by molar-refractivity contribution is 9.10. The van der Waals surface area contributed by atoms with E-state index in [1.54, 1.807) is 18.9 Å². The van der Waals surface area contributed by atoms with E-state index < -0.39 is 6.04 Å². The molecule has 0 heterocycles. The number of nitrogens with one attached hydrogen (secondary N) is 1. The van der Waals surface area contributed by atoms with Gasteiger partial charge in [0.25, 0.3) is 5.91 Å². The summed E-state index contributed by atoms with van der Waals surface area (Å²) in [5.41, 5.74) is 3.20. The van der Waals surface area contributed by atoms with Gasteiger partial charge in [-0.05, 0) is 56.0 Å².